The lowest BCUT2D eigenvalue weighted by molar-refractivity contribution is -0.128. The van der Waals surface area contributed by atoms with Gasteiger partial charge >= 0.3 is 0 Å². The largest absolute Gasteiger partial charge is 0.493 e. The highest BCUT2D eigenvalue weighted by Crippen LogP contribution is 2.37. The number of pyridine rings is 1. The summed E-state index contributed by atoms with van der Waals surface area (Å²) in [6, 6.07) is 20.8. The first-order valence-electron chi connectivity index (χ1n) is 12.3. The summed E-state index contributed by atoms with van der Waals surface area (Å²) in [4.78, 5) is 28.1. The Labute approximate surface area is 233 Å². The van der Waals surface area contributed by atoms with Crippen molar-refractivity contribution in [2.24, 2.45) is 5.84 Å². The van der Waals surface area contributed by atoms with Crippen molar-refractivity contribution in [3.05, 3.63) is 97.0 Å². The van der Waals surface area contributed by atoms with Crippen molar-refractivity contribution in [3.8, 4) is 23.0 Å². The quantitative estimate of drug-likeness (QED) is 0.0757. The number of hydrazine groups is 1. The van der Waals surface area contributed by atoms with Gasteiger partial charge in [-0.25, -0.2) is 10.2 Å². The molecular formula is C30H33FN4O5. The summed E-state index contributed by atoms with van der Waals surface area (Å²) in [6.07, 6.45) is 1.52. The van der Waals surface area contributed by atoms with Gasteiger partial charge in [0.1, 0.15) is 5.75 Å². The van der Waals surface area contributed by atoms with Crippen LogP contribution in [0.2, 0.25) is 0 Å². The number of hydrogen-bond donors (Lipinski definition) is 2. The summed E-state index contributed by atoms with van der Waals surface area (Å²) in [7, 11) is 4.29. The lowest BCUT2D eigenvalue weighted by atomic mass is 10.1. The summed E-state index contributed by atoms with van der Waals surface area (Å²) in [5.41, 5.74) is 0.292. The average molecular weight is 549 g/mol. The topological polar surface area (TPSA) is 116 Å². The number of carbonyl (C=O) groups is 2. The third-order valence-corrected chi connectivity index (χ3v) is 5.14. The smallest absolute Gasteiger partial charge is 0.272 e. The van der Waals surface area contributed by atoms with Crippen LogP contribution >= 0.6 is 0 Å². The molecule has 0 fully saturated rings. The van der Waals surface area contributed by atoms with Crippen molar-refractivity contribution < 1.29 is 28.2 Å². The number of ether oxygens (including phenoxy) is 3. The minimum atomic E-state index is -0.804. The molecule has 0 aliphatic heterocycles. The predicted molar refractivity (Wildman–Crippen MR) is 154 cm³/mol. The van der Waals surface area contributed by atoms with E-state index in [0.717, 1.165) is 11.1 Å². The molecule has 1 aromatic heterocycles. The molecule has 3 N–H and O–H groups in total. The first-order chi connectivity index (χ1) is 19.2. The molecule has 0 saturated heterocycles. The molecule has 0 aliphatic carbocycles. The van der Waals surface area contributed by atoms with E-state index < -0.39 is 17.6 Å². The molecular weight excluding hydrogens is 515 g/mol. The summed E-state index contributed by atoms with van der Waals surface area (Å²) in [5, 5.41) is 3.70. The third kappa shape index (κ3) is 8.27. The van der Waals surface area contributed by atoms with Crippen LogP contribution in [0.5, 0.6) is 23.0 Å². The molecule has 2 amide bonds. The summed E-state index contributed by atoms with van der Waals surface area (Å²) in [6.45, 7) is 7.40. The molecule has 3 aromatic carbocycles. The van der Waals surface area contributed by atoms with Gasteiger partial charge in [0.2, 0.25) is 0 Å². The molecule has 0 saturated carbocycles. The van der Waals surface area contributed by atoms with Gasteiger partial charge in [-0.05, 0) is 24.3 Å². The number of aromatic nitrogens is 1. The zero-order valence-corrected chi connectivity index (χ0v) is 23.1. The van der Waals surface area contributed by atoms with Gasteiger partial charge in [-0.3, -0.25) is 19.6 Å². The van der Waals surface area contributed by atoms with E-state index >= 15 is 0 Å². The standard InChI is InChI=1S/C22H21FN4O5.C6H6.C2H6/c1-12(22(29)27(2)24)21(28)26-13-5-6-18(15(23)9-13)32-17-7-8-25-16-11-20(31-4)19(30-3)10-14(16)17;1-2-4-6-5-3-1;1-2/h5-11H,1,24H2,2-4H3,(H,26,28);1-6H;1-2H3. The number of hydrogen-bond acceptors (Lipinski definition) is 7. The Hall–Kier alpha value is -4.96. The Bertz CT molecular complexity index is 1420. The van der Waals surface area contributed by atoms with Crippen LogP contribution in [0.25, 0.3) is 10.9 Å². The van der Waals surface area contributed by atoms with Crippen LogP contribution in [-0.4, -0.2) is 43.1 Å². The number of nitrogens with one attached hydrogen (secondary N) is 1. The second-order valence-corrected chi connectivity index (χ2v) is 7.78. The molecule has 0 spiro atoms. The minimum absolute atomic E-state index is 0.0816. The Morgan fingerprint density at radius 1 is 0.900 bits per heavy atom. The second kappa shape index (κ2) is 15.5. The molecule has 4 aromatic rings. The number of halogens is 1. The number of carbonyl (C=O) groups excluding carboxylic acids is 2. The van der Waals surface area contributed by atoms with Gasteiger partial charge in [0.05, 0.1) is 25.3 Å². The van der Waals surface area contributed by atoms with E-state index in [1.54, 1.807) is 18.2 Å². The molecule has 210 valence electrons. The van der Waals surface area contributed by atoms with Crippen molar-refractivity contribution in [1.29, 1.82) is 0 Å². The van der Waals surface area contributed by atoms with E-state index in [1.165, 1.54) is 39.6 Å². The Kier molecular flexibility index (Phi) is 12.1. The third-order valence-electron chi connectivity index (χ3n) is 5.14. The van der Waals surface area contributed by atoms with Crippen LogP contribution in [0.15, 0.2) is 91.1 Å². The number of benzene rings is 3. The van der Waals surface area contributed by atoms with Crippen molar-refractivity contribution in [2.75, 3.05) is 26.6 Å². The second-order valence-electron chi connectivity index (χ2n) is 7.78. The average Bonchev–Trinajstić information content (AvgIpc) is 2.99. The monoisotopic (exact) mass is 548 g/mol. The Morgan fingerprint density at radius 3 is 2.00 bits per heavy atom. The number of anilines is 1. The van der Waals surface area contributed by atoms with E-state index in [9.17, 15) is 14.0 Å². The van der Waals surface area contributed by atoms with Gasteiger partial charge in [-0.1, -0.05) is 56.8 Å². The van der Waals surface area contributed by atoms with Crippen LogP contribution < -0.4 is 25.4 Å². The van der Waals surface area contributed by atoms with Crippen LogP contribution in [0, 0.1) is 5.82 Å². The first kappa shape index (κ1) is 31.3. The molecule has 0 atom stereocenters. The highest BCUT2D eigenvalue weighted by atomic mass is 19.1. The number of methoxy groups -OCH3 is 2. The fourth-order valence-electron chi connectivity index (χ4n) is 3.22. The Morgan fingerprint density at radius 2 is 1.48 bits per heavy atom. The summed E-state index contributed by atoms with van der Waals surface area (Å²) < 4.78 is 31.0. The molecule has 9 nitrogen and oxygen atoms in total. The van der Waals surface area contributed by atoms with Crippen molar-refractivity contribution in [2.45, 2.75) is 13.8 Å². The highest BCUT2D eigenvalue weighted by Gasteiger charge is 2.19. The fraction of sp³-hybridized carbons (Fsp3) is 0.167. The molecule has 0 bridgehead atoms. The predicted octanol–water partition coefficient (Wildman–Crippen LogP) is 5.72. The molecule has 0 aliphatic rings. The maximum atomic E-state index is 14.7. The van der Waals surface area contributed by atoms with Gasteiger partial charge in [-0.2, -0.15) is 0 Å². The van der Waals surface area contributed by atoms with Gasteiger partial charge in [0, 0.05) is 36.5 Å². The first-order valence-corrected chi connectivity index (χ1v) is 12.3. The zero-order chi connectivity index (χ0) is 29.7. The van der Waals surface area contributed by atoms with Gasteiger partial charge < -0.3 is 19.5 Å². The Balaban J connectivity index is 0.000000609. The zero-order valence-electron chi connectivity index (χ0n) is 23.1. The number of nitrogens with two attached hydrogens (primary N) is 1. The summed E-state index contributed by atoms with van der Waals surface area (Å²) >= 11 is 0. The lowest BCUT2D eigenvalue weighted by Crippen LogP contribution is -2.37. The molecule has 1 heterocycles. The van der Waals surface area contributed by atoms with Crippen LogP contribution in [0.3, 0.4) is 0 Å². The molecule has 0 unspecified atom stereocenters. The molecule has 0 radical (unpaired) electrons. The highest BCUT2D eigenvalue weighted by molar-refractivity contribution is 6.22. The van der Waals surface area contributed by atoms with E-state index in [-0.39, 0.29) is 17.0 Å². The number of rotatable bonds is 7. The minimum Gasteiger partial charge on any atom is -0.493 e. The number of fused-ring (bicyclic) bond motifs is 1. The van der Waals surface area contributed by atoms with Crippen molar-refractivity contribution in [1.82, 2.24) is 9.99 Å². The van der Waals surface area contributed by atoms with E-state index in [4.69, 9.17) is 20.1 Å². The van der Waals surface area contributed by atoms with Crippen molar-refractivity contribution >= 4 is 28.4 Å². The van der Waals surface area contributed by atoms with Crippen molar-refractivity contribution in [3.63, 3.8) is 0 Å². The SMILES string of the molecule is C=C(C(=O)Nc1ccc(Oc2ccnc3cc(OC)c(OC)cc23)c(F)c1)C(=O)N(C)N.CC.c1ccccc1. The van der Waals surface area contributed by atoms with Crippen LogP contribution in [-0.2, 0) is 9.59 Å². The van der Waals surface area contributed by atoms with Crippen LogP contribution in [0.1, 0.15) is 13.8 Å². The van der Waals surface area contributed by atoms with Gasteiger partial charge in [0.25, 0.3) is 11.8 Å². The molecule has 40 heavy (non-hydrogen) atoms. The van der Waals surface area contributed by atoms with Crippen LogP contribution in [0.4, 0.5) is 10.1 Å². The number of nitrogens with zero attached hydrogens (tertiary/aromatic N) is 2. The number of amides is 2. The van der Waals surface area contributed by atoms with E-state index in [0.29, 0.717) is 28.2 Å². The summed E-state index contributed by atoms with van der Waals surface area (Å²) in [5.74, 6) is 4.23. The normalized spacial score (nSPS) is 9.68. The molecule has 10 heteroatoms. The fourth-order valence-corrected chi connectivity index (χ4v) is 3.22. The lowest BCUT2D eigenvalue weighted by Gasteiger charge is -2.14. The number of likely N-dealkylation sites (N-methyl/N-ethyl adjacent to an activating group) is 1. The molecule has 4 rings (SSSR count). The maximum Gasteiger partial charge on any atom is 0.272 e. The van der Waals surface area contributed by atoms with E-state index in [1.807, 2.05) is 50.2 Å². The van der Waals surface area contributed by atoms with Gasteiger partial charge in [-0.15, -0.1) is 0 Å². The maximum absolute atomic E-state index is 14.7. The van der Waals surface area contributed by atoms with Gasteiger partial charge in [0.15, 0.2) is 23.1 Å². The van der Waals surface area contributed by atoms with E-state index in [2.05, 4.69) is 16.9 Å².